The number of nitrogens with zero attached hydrogens (tertiary/aromatic N) is 3. The monoisotopic (exact) mass is 404 g/mol. The summed E-state index contributed by atoms with van der Waals surface area (Å²) in [6.45, 7) is 5.45. The van der Waals surface area contributed by atoms with E-state index in [4.69, 9.17) is 22.1 Å². The van der Waals surface area contributed by atoms with Gasteiger partial charge in [0.2, 0.25) is 5.91 Å². The lowest BCUT2D eigenvalue weighted by Gasteiger charge is -2.38. The van der Waals surface area contributed by atoms with Gasteiger partial charge in [-0.2, -0.15) is 5.10 Å². The van der Waals surface area contributed by atoms with Gasteiger partial charge in [-0.15, -0.1) is 0 Å². The maximum atomic E-state index is 13.0. The number of ether oxygens (including phenoxy) is 1. The summed E-state index contributed by atoms with van der Waals surface area (Å²) in [5, 5.41) is 4.93. The number of halogens is 1. The van der Waals surface area contributed by atoms with Gasteiger partial charge >= 0.3 is 0 Å². The smallest absolute Gasteiger partial charge is 0.257 e. The quantitative estimate of drug-likeness (QED) is 0.801. The average Bonchev–Trinajstić information content (AvgIpc) is 3.03. The van der Waals surface area contributed by atoms with Crippen molar-refractivity contribution in [2.75, 3.05) is 13.1 Å². The third-order valence-corrected chi connectivity index (χ3v) is 5.23. The van der Waals surface area contributed by atoms with Crippen molar-refractivity contribution in [1.29, 1.82) is 0 Å². The Bertz CT molecular complexity index is 867. The Balaban J connectivity index is 1.74. The Kier molecular flexibility index (Phi) is 6.24. The first kappa shape index (κ1) is 20.2. The van der Waals surface area contributed by atoms with E-state index in [1.807, 2.05) is 26.0 Å². The Morgan fingerprint density at radius 1 is 1.39 bits per heavy atom. The zero-order valence-corrected chi connectivity index (χ0v) is 16.9. The first-order chi connectivity index (χ1) is 13.4. The number of carbonyl (C=O) groups is 2. The van der Waals surface area contributed by atoms with E-state index < -0.39 is 5.91 Å². The number of amides is 2. The molecule has 0 bridgehead atoms. The highest BCUT2D eigenvalue weighted by Crippen LogP contribution is 2.28. The molecule has 1 aromatic carbocycles. The second-order valence-electron chi connectivity index (χ2n) is 7.07. The van der Waals surface area contributed by atoms with Crippen molar-refractivity contribution in [1.82, 2.24) is 14.7 Å². The molecule has 3 rings (SSSR count). The van der Waals surface area contributed by atoms with Crippen molar-refractivity contribution < 1.29 is 14.3 Å². The Labute approximate surface area is 169 Å². The molecular formula is C20H25ClN4O3. The van der Waals surface area contributed by atoms with E-state index in [0.717, 1.165) is 0 Å². The summed E-state index contributed by atoms with van der Waals surface area (Å²) >= 11 is 6.03. The minimum Gasteiger partial charge on any atom is -0.490 e. The van der Waals surface area contributed by atoms with Crippen LogP contribution in [0.3, 0.4) is 0 Å². The lowest BCUT2D eigenvalue weighted by molar-refractivity contribution is -0.120. The van der Waals surface area contributed by atoms with Crippen LogP contribution in [0.1, 0.15) is 35.8 Å². The topological polar surface area (TPSA) is 90.5 Å². The highest BCUT2D eigenvalue weighted by atomic mass is 35.5. The van der Waals surface area contributed by atoms with Gasteiger partial charge in [0.15, 0.2) is 0 Å². The molecule has 1 aliphatic heterocycles. The van der Waals surface area contributed by atoms with Crippen LogP contribution in [0, 0.1) is 12.8 Å². The highest BCUT2D eigenvalue weighted by molar-refractivity contribution is 6.30. The summed E-state index contributed by atoms with van der Waals surface area (Å²) in [5.41, 5.74) is 6.74. The van der Waals surface area contributed by atoms with E-state index in [0.29, 0.717) is 48.1 Å². The second-order valence-corrected chi connectivity index (χ2v) is 7.50. The summed E-state index contributed by atoms with van der Waals surface area (Å²) < 4.78 is 7.83. The molecule has 1 aliphatic rings. The Hall–Kier alpha value is -2.54. The minimum absolute atomic E-state index is 0.0760. The molecule has 2 amide bonds. The molecule has 2 heterocycles. The second kappa shape index (κ2) is 8.65. The molecule has 1 saturated heterocycles. The molecule has 1 aromatic heterocycles. The fourth-order valence-corrected chi connectivity index (χ4v) is 3.76. The van der Waals surface area contributed by atoms with Gasteiger partial charge in [-0.3, -0.25) is 14.3 Å². The van der Waals surface area contributed by atoms with Gasteiger partial charge in [-0.05, 0) is 32.0 Å². The van der Waals surface area contributed by atoms with Gasteiger partial charge in [-0.25, -0.2) is 0 Å². The Morgan fingerprint density at radius 3 is 2.82 bits per heavy atom. The molecule has 28 heavy (non-hydrogen) atoms. The predicted octanol–water partition coefficient (Wildman–Crippen LogP) is 2.65. The van der Waals surface area contributed by atoms with Crippen LogP contribution >= 0.6 is 11.6 Å². The lowest BCUT2D eigenvalue weighted by atomic mass is 9.90. The van der Waals surface area contributed by atoms with Crippen molar-refractivity contribution in [2.45, 2.75) is 39.3 Å². The molecular weight excluding hydrogens is 380 g/mol. The number of hydrogen-bond acceptors (Lipinski definition) is 4. The summed E-state index contributed by atoms with van der Waals surface area (Å²) in [6, 6.07) is 7.15. The van der Waals surface area contributed by atoms with E-state index in [9.17, 15) is 9.59 Å². The number of aryl methyl sites for hydroxylation is 2. The standard InChI is InChI=1S/C20H25ClN4O3/c1-3-25-12-17(13(2)23-25)20(27)24-8-7-18(14(11-24)9-19(22)26)28-16-6-4-5-15(21)10-16/h4-6,10,12,14,18H,3,7-9,11H2,1-2H3,(H2,22,26)/t14-,18-/m0/s1. The molecule has 0 spiro atoms. The summed E-state index contributed by atoms with van der Waals surface area (Å²) in [4.78, 5) is 26.3. The van der Waals surface area contributed by atoms with Crippen molar-refractivity contribution in [2.24, 2.45) is 11.7 Å². The zero-order valence-electron chi connectivity index (χ0n) is 16.1. The van der Waals surface area contributed by atoms with Gasteiger partial charge in [0.05, 0.1) is 11.3 Å². The van der Waals surface area contributed by atoms with Crippen molar-refractivity contribution in [3.63, 3.8) is 0 Å². The fourth-order valence-electron chi connectivity index (χ4n) is 3.58. The molecule has 2 aromatic rings. The Morgan fingerprint density at radius 2 is 2.18 bits per heavy atom. The van der Waals surface area contributed by atoms with Crippen LogP contribution in [0.5, 0.6) is 5.75 Å². The summed E-state index contributed by atoms with van der Waals surface area (Å²) in [5.74, 6) is -0.0237. The van der Waals surface area contributed by atoms with Crippen LogP contribution in [0.4, 0.5) is 0 Å². The number of rotatable bonds is 6. The molecule has 150 valence electrons. The van der Waals surface area contributed by atoms with Crippen molar-refractivity contribution in [3.05, 3.63) is 46.7 Å². The van der Waals surface area contributed by atoms with Crippen LogP contribution in [0.25, 0.3) is 0 Å². The summed E-state index contributed by atoms with van der Waals surface area (Å²) in [7, 11) is 0. The molecule has 0 unspecified atom stereocenters. The number of likely N-dealkylation sites (tertiary alicyclic amines) is 1. The van der Waals surface area contributed by atoms with E-state index >= 15 is 0 Å². The third kappa shape index (κ3) is 4.65. The number of hydrogen-bond donors (Lipinski definition) is 1. The normalized spacial score (nSPS) is 19.5. The van der Waals surface area contributed by atoms with Crippen molar-refractivity contribution >= 4 is 23.4 Å². The molecule has 0 aliphatic carbocycles. The van der Waals surface area contributed by atoms with Crippen molar-refractivity contribution in [3.8, 4) is 5.75 Å². The van der Waals surface area contributed by atoms with E-state index in [1.54, 1.807) is 27.9 Å². The SMILES string of the molecule is CCn1cc(C(=O)N2CC[C@H](Oc3cccc(Cl)c3)[C@@H](CC(N)=O)C2)c(C)n1. The zero-order chi connectivity index (χ0) is 20.3. The first-order valence-corrected chi connectivity index (χ1v) is 9.79. The fraction of sp³-hybridized carbons (Fsp3) is 0.450. The third-order valence-electron chi connectivity index (χ3n) is 5.00. The van der Waals surface area contributed by atoms with Crippen LogP contribution in [-0.4, -0.2) is 45.7 Å². The van der Waals surface area contributed by atoms with E-state index in [2.05, 4.69) is 5.10 Å². The predicted molar refractivity (Wildman–Crippen MR) is 106 cm³/mol. The average molecular weight is 405 g/mol. The van der Waals surface area contributed by atoms with Crippen LogP contribution in [0.15, 0.2) is 30.5 Å². The molecule has 0 radical (unpaired) electrons. The van der Waals surface area contributed by atoms with Gasteiger partial charge in [-0.1, -0.05) is 17.7 Å². The minimum atomic E-state index is -0.408. The number of piperidine rings is 1. The van der Waals surface area contributed by atoms with Gasteiger partial charge < -0.3 is 15.4 Å². The van der Waals surface area contributed by atoms with Crippen LogP contribution < -0.4 is 10.5 Å². The van der Waals surface area contributed by atoms with Crippen LogP contribution in [-0.2, 0) is 11.3 Å². The number of aromatic nitrogens is 2. The maximum absolute atomic E-state index is 13.0. The first-order valence-electron chi connectivity index (χ1n) is 9.41. The molecule has 1 fully saturated rings. The van der Waals surface area contributed by atoms with Crippen LogP contribution in [0.2, 0.25) is 5.02 Å². The number of benzene rings is 1. The molecule has 7 nitrogen and oxygen atoms in total. The van der Waals surface area contributed by atoms with E-state index in [1.165, 1.54) is 0 Å². The number of carbonyl (C=O) groups excluding carboxylic acids is 2. The molecule has 0 saturated carbocycles. The molecule has 2 N–H and O–H groups in total. The van der Waals surface area contributed by atoms with Gasteiger partial charge in [0.1, 0.15) is 11.9 Å². The van der Waals surface area contributed by atoms with E-state index in [-0.39, 0.29) is 24.3 Å². The summed E-state index contributed by atoms with van der Waals surface area (Å²) in [6.07, 6.45) is 2.32. The maximum Gasteiger partial charge on any atom is 0.257 e. The largest absolute Gasteiger partial charge is 0.490 e. The number of nitrogens with two attached hydrogens (primary N) is 1. The highest BCUT2D eigenvalue weighted by Gasteiger charge is 2.35. The molecule has 2 atom stereocenters. The molecule has 8 heteroatoms. The number of primary amides is 1. The lowest BCUT2D eigenvalue weighted by Crippen LogP contribution is -2.49. The van der Waals surface area contributed by atoms with Gasteiger partial charge in [0, 0.05) is 49.6 Å². The van der Waals surface area contributed by atoms with Gasteiger partial charge in [0.25, 0.3) is 5.91 Å².